The Hall–Kier alpha value is -4.32. The Labute approximate surface area is 203 Å². The van der Waals surface area contributed by atoms with Crippen LogP contribution in [0.4, 0.5) is 0 Å². The van der Waals surface area contributed by atoms with Gasteiger partial charge in [-0.1, -0.05) is 54.1 Å². The average molecular weight is 468 g/mol. The van der Waals surface area contributed by atoms with Gasteiger partial charge in [0.25, 0.3) is 5.91 Å². The Bertz CT molecular complexity index is 1490. The monoisotopic (exact) mass is 467 g/mol. The summed E-state index contributed by atoms with van der Waals surface area (Å²) in [4.78, 5) is 28.5. The topological polar surface area (TPSA) is 69.0 Å². The third-order valence-electron chi connectivity index (χ3n) is 6.19. The lowest BCUT2D eigenvalue weighted by atomic mass is 9.97. The van der Waals surface area contributed by atoms with Gasteiger partial charge in [-0.05, 0) is 42.3 Å². The van der Waals surface area contributed by atoms with E-state index in [0.29, 0.717) is 34.6 Å². The number of ether oxygens (including phenoxy) is 2. The maximum absolute atomic E-state index is 13.6. The van der Waals surface area contributed by atoms with E-state index < -0.39 is 6.04 Å². The van der Waals surface area contributed by atoms with E-state index in [1.165, 1.54) is 0 Å². The molecule has 0 aliphatic carbocycles. The van der Waals surface area contributed by atoms with E-state index in [9.17, 15) is 9.59 Å². The molecule has 0 fully saturated rings. The summed E-state index contributed by atoms with van der Waals surface area (Å²) in [7, 11) is 1.56. The molecule has 5 rings (SSSR count). The first-order valence-corrected chi connectivity index (χ1v) is 11.4. The van der Waals surface area contributed by atoms with Crippen molar-refractivity contribution in [3.05, 3.63) is 118 Å². The number of methoxy groups -OCH3 is 1. The molecule has 35 heavy (non-hydrogen) atoms. The summed E-state index contributed by atoms with van der Waals surface area (Å²) in [5, 5.41) is 0.455. The van der Waals surface area contributed by atoms with Crippen molar-refractivity contribution < 1.29 is 18.7 Å². The summed E-state index contributed by atoms with van der Waals surface area (Å²) >= 11 is 0. The lowest BCUT2D eigenvalue weighted by Gasteiger charge is -2.24. The van der Waals surface area contributed by atoms with E-state index in [0.717, 1.165) is 16.7 Å². The summed E-state index contributed by atoms with van der Waals surface area (Å²) in [6.45, 7) is 6.36. The van der Waals surface area contributed by atoms with Gasteiger partial charge in [-0.3, -0.25) is 9.59 Å². The van der Waals surface area contributed by atoms with Crippen LogP contribution in [0.15, 0.2) is 88.6 Å². The lowest BCUT2D eigenvalue weighted by Crippen LogP contribution is -2.29. The van der Waals surface area contributed by atoms with E-state index >= 15 is 0 Å². The molecule has 0 radical (unpaired) electrons. The Morgan fingerprint density at radius 3 is 2.57 bits per heavy atom. The normalized spacial score (nSPS) is 14.7. The average Bonchev–Trinajstić information content (AvgIpc) is 3.15. The number of aryl methyl sites for hydroxylation is 1. The highest BCUT2D eigenvalue weighted by Gasteiger charge is 2.42. The Balaban J connectivity index is 1.59. The molecular formula is C29H25NO5. The van der Waals surface area contributed by atoms with E-state index in [-0.39, 0.29) is 23.6 Å². The first kappa shape index (κ1) is 22.5. The number of hydrogen-bond donors (Lipinski definition) is 0. The lowest BCUT2D eigenvalue weighted by molar-refractivity contribution is 0.0748. The van der Waals surface area contributed by atoms with Gasteiger partial charge < -0.3 is 18.8 Å². The van der Waals surface area contributed by atoms with Gasteiger partial charge in [0.05, 0.1) is 24.1 Å². The number of amides is 1. The van der Waals surface area contributed by atoms with Crippen LogP contribution in [0.3, 0.4) is 0 Å². The predicted molar refractivity (Wildman–Crippen MR) is 134 cm³/mol. The number of nitrogens with zero attached hydrogens (tertiary/aromatic N) is 1. The quantitative estimate of drug-likeness (QED) is 0.340. The number of rotatable bonds is 7. The molecule has 0 saturated heterocycles. The highest BCUT2D eigenvalue weighted by molar-refractivity contribution is 5.99. The maximum Gasteiger partial charge on any atom is 0.291 e. The summed E-state index contributed by atoms with van der Waals surface area (Å²) in [5.41, 5.74) is 3.21. The van der Waals surface area contributed by atoms with Crippen molar-refractivity contribution in [1.82, 2.24) is 4.90 Å². The van der Waals surface area contributed by atoms with Crippen LogP contribution in [-0.4, -0.2) is 24.5 Å². The second-order valence-electron chi connectivity index (χ2n) is 8.51. The first-order valence-electron chi connectivity index (χ1n) is 11.4. The predicted octanol–water partition coefficient (Wildman–Crippen LogP) is 5.42. The Kier molecular flexibility index (Phi) is 5.87. The molecule has 6 nitrogen and oxygen atoms in total. The number of hydrogen-bond acceptors (Lipinski definition) is 5. The molecule has 0 spiro atoms. The van der Waals surface area contributed by atoms with Gasteiger partial charge >= 0.3 is 0 Å². The standard InChI is InChI=1S/C29H25NO5/c1-4-14-30-26(25-27(31)21-15-18(2)10-12-22(21)35-28(25)29(30)32)20-11-13-23(24(16-20)33-3)34-17-19-8-6-5-7-9-19/h4-13,15-16,26H,1,14,17H2,2-3H3/t26-/m1/s1. The van der Waals surface area contributed by atoms with Crippen molar-refractivity contribution in [2.75, 3.05) is 13.7 Å². The molecule has 4 aromatic rings. The fourth-order valence-electron chi connectivity index (χ4n) is 4.52. The summed E-state index contributed by atoms with van der Waals surface area (Å²) in [5.74, 6) is 0.814. The van der Waals surface area contributed by atoms with E-state index in [1.54, 1.807) is 36.3 Å². The smallest absolute Gasteiger partial charge is 0.291 e. The van der Waals surface area contributed by atoms with Gasteiger partial charge in [-0.2, -0.15) is 0 Å². The zero-order valence-electron chi connectivity index (χ0n) is 19.6. The van der Waals surface area contributed by atoms with Crippen molar-refractivity contribution >= 4 is 16.9 Å². The zero-order chi connectivity index (χ0) is 24.5. The molecular weight excluding hydrogens is 442 g/mol. The van der Waals surface area contributed by atoms with Gasteiger partial charge in [0.1, 0.15) is 12.2 Å². The van der Waals surface area contributed by atoms with Gasteiger partial charge in [0, 0.05) is 6.54 Å². The first-order chi connectivity index (χ1) is 17.0. The molecule has 6 heteroatoms. The molecule has 0 N–H and O–H groups in total. The van der Waals surface area contributed by atoms with Crippen LogP contribution >= 0.6 is 0 Å². The number of carbonyl (C=O) groups is 1. The Morgan fingerprint density at radius 2 is 1.83 bits per heavy atom. The summed E-state index contributed by atoms with van der Waals surface area (Å²) in [6, 6.07) is 20.1. The van der Waals surface area contributed by atoms with E-state index in [4.69, 9.17) is 13.9 Å². The molecule has 1 atom stereocenters. The molecule has 1 aliphatic heterocycles. The number of fused-ring (bicyclic) bond motifs is 2. The maximum atomic E-state index is 13.6. The Morgan fingerprint density at radius 1 is 1.03 bits per heavy atom. The molecule has 176 valence electrons. The molecule has 1 amide bonds. The highest BCUT2D eigenvalue weighted by atomic mass is 16.5. The zero-order valence-corrected chi connectivity index (χ0v) is 19.6. The second kappa shape index (κ2) is 9.14. The third kappa shape index (κ3) is 3.97. The van der Waals surface area contributed by atoms with Crippen molar-refractivity contribution in [3.63, 3.8) is 0 Å². The van der Waals surface area contributed by atoms with Crippen molar-refractivity contribution in [1.29, 1.82) is 0 Å². The minimum Gasteiger partial charge on any atom is -0.493 e. The van der Waals surface area contributed by atoms with Gasteiger partial charge in [0.2, 0.25) is 5.76 Å². The van der Waals surface area contributed by atoms with Crippen molar-refractivity contribution in [2.45, 2.75) is 19.6 Å². The molecule has 0 unspecified atom stereocenters. The van der Waals surface area contributed by atoms with Gasteiger partial charge in [-0.25, -0.2) is 0 Å². The largest absolute Gasteiger partial charge is 0.493 e. The highest BCUT2D eigenvalue weighted by Crippen LogP contribution is 2.41. The molecule has 3 aromatic carbocycles. The van der Waals surface area contributed by atoms with Crippen LogP contribution in [0.25, 0.3) is 11.0 Å². The van der Waals surface area contributed by atoms with Crippen molar-refractivity contribution in [2.24, 2.45) is 0 Å². The van der Waals surface area contributed by atoms with E-state index in [1.807, 2.05) is 55.5 Å². The number of carbonyl (C=O) groups excluding carboxylic acids is 1. The number of benzene rings is 3. The molecule has 1 aromatic heterocycles. The van der Waals surface area contributed by atoms with Crippen LogP contribution in [0.2, 0.25) is 0 Å². The van der Waals surface area contributed by atoms with Crippen LogP contribution in [-0.2, 0) is 6.61 Å². The third-order valence-corrected chi connectivity index (χ3v) is 6.19. The molecule has 1 aliphatic rings. The van der Waals surface area contributed by atoms with Gasteiger partial charge in [-0.15, -0.1) is 6.58 Å². The second-order valence-corrected chi connectivity index (χ2v) is 8.51. The fourth-order valence-corrected chi connectivity index (χ4v) is 4.52. The van der Waals surface area contributed by atoms with E-state index in [2.05, 4.69) is 6.58 Å². The fraction of sp³-hybridized carbons (Fsp3) is 0.172. The van der Waals surface area contributed by atoms with Crippen LogP contribution in [0.5, 0.6) is 11.5 Å². The van der Waals surface area contributed by atoms with Crippen molar-refractivity contribution in [3.8, 4) is 11.5 Å². The SMILES string of the molecule is C=CCN1C(=O)c2oc3ccc(C)cc3c(=O)c2[C@H]1c1ccc(OCc2ccccc2)c(OC)c1. The van der Waals surface area contributed by atoms with Crippen LogP contribution in [0, 0.1) is 6.92 Å². The minimum absolute atomic E-state index is 0.0709. The van der Waals surface area contributed by atoms with Crippen LogP contribution in [0.1, 0.15) is 38.9 Å². The summed E-state index contributed by atoms with van der Waals surface area (Å²) < 4.78 is 17.6. The molecule has 0 bridgehead atoms. The summed E-state index contributed by atoms with van der Waals surface area (Å²) in [6.07, 6.45) is 1.64. The minimum atomic E-state index is -0.631. The van der Waals surface area contributed by atoms with Crippen LogP contribution < -0.4 is 14.9 Å². The molecule has 2 heterocycles. The molecule has 0 saturated carbocycles. The van der Waals surface area contributed by atoms with Gasteiger partial charge in [0.15, 0.2) is 16.9 Å².